The van der Waals surface area contributed by atoms with Crippen molar-refractivity contribution in [1.29, 1.82) is 0 Å². The van der Waals surface area contributed by atoms with Crippen LogP contribution < -0.4 is 11.1 Å². The minimum absolute atomic E-state index is 0.0208. The van der Waals surface area contributed by atoms with E-state index in [9.17, 15) is 4.79 Å². The van der Waals surface area contributed by atoms with Crippen molar-refractivity contribution in [2.45, 2.75) is 32.7 Å². The molecule has 16 heavy (non-hydrogen) atoms. The predicted octanol–water partition coefficient (Wildman–Crippen LogP) is 1.31. The monoisotopic (exact) mass is 224 g/mol. The Bertz CT molecular complexity index is 307. The van der Waals surface area contributed by atoms with Crippen molar-refractivity contribution < 1.29 is 9.21 Å². The lowest BCUT2D eigenvalue weighted by atomic mass is 10.1. The van der Waals surface area contributed by atoms with Crippen LogP contribution in [0.25, 0.3) is 0 Å². The van der Waals surface area contributed by atoms with Gasteiger partial charge in [-0.1, -0.05) is 13.8 Å². The van der Waals surface area contributed by atoms with Crippen LogP contribution in [0.3, 0.4) is 0 Å². The molecule has 0 aliphatic carbocycles. The largest absolute Gasteiger partial charge is 0.469 e. The molecular formula is C12H20N2O2. The zero-order valence-corrected chi connectivity index (χ0v) is 9.90. The number of hydrogen-bond donors (Lipinski definition) is 2. The van der Waals surface area contributed by atoms with Crippen LogP contribution in [0.5, 0.6) is 0 Å². The molecular weight excluding hydrogens is 204 g/mol. The van der Waals surface area contributed by atoms with E-state index in [1.165, 1.54) is 0 Å². The Morgan fingerprint density at radius 3 is 2.88 bits per heavy atom. The fraction of sp³-hybridized carbons (Fsp3) is 0.583. The third-order valence-corrected chi connectivity index (χ3v) is 2.57. The molecule has 1 rings (SSSR count). The molecule has 1 aromatic heterocycles. The van der Waals surface area contributed by atoms with E-state index in [0.717, 1.165) is 5.76 Å². The lowest BCUT2D eigenvalue weighted by molar-refractivity contribution is -0.121. The molecule has 0 radical (unpaired) electrons. The first-order valence-electron chi connectivity index (χ1n) is 5.64. The molecule has 1 unspecified atom stereocenters. The Labute approximate surface area is 96.2 Å². The second-order valence-corrected chi connectivity index (χ2v) is 4.29. The molecule has 0 saturated carbocycles. The smallest absolute Gasteiger partial charge is 0.220 e. The van der Waals surface area contributed by atoms with E-state index in [2.05, 4.69) is 5.32 Å². The number of nitrogens with one attached hydrogen (secondary N) is 1. The molecule has 0 aromatic carbocycles. The summed E-state index contributed by atoms with van der Waals surface area (Å²) in [6.07, 6.45) is 2.69. The Balaban J connectivity index is 2.16. The number of carbonyl (C=O) groups is 1. The van der Waals surface area contributed by atoms with E-state index in [-0.39, 0.29) is 11.9 Å². The van der Waals surface area contributed by atoms with Crippen molar-refractivity contribution in [2.75, 3.05) is 6.54 Å². The first kappa shape index (κ1) is 12.8. The average molecular weight is 224 g/mol. The van der Waals surface area contributed by atoms with Gasteiger partial charge in [-0.05, 0) is 18.1 Å². The van der Waals surface area contributed by atoms with Crippen LogP contribution in [0.4, 0.5) is 0 Å². The summed E-state index contributed by atoms with van der Waals surface area (Å²) >= 11 is 0. The van der Waals surface area contributed by atoms with Crippen LogP contribution in [-0.2, 0) is 11.2 Å². The molecule has 4 heteroatoms. The van der Waals surface area contributed by atoms with E-state index in [4.69, 9.17) is 10.2 Å². The second-order valence-electron chi connectivity index (χ2n) is 4.29. The van der Waals surface area contributed by atoms with Crippen LogP contribution in [0.15, 0.2) is 22.8 Å². The predicted molar refractivity (Wildman–Crippen MR) is 62.9 cm³/mol. The van der Waals surface area contributed by atoms with Gasteiger partial charge in [-0.25, -0.2) is 0 Å². The van der Waals surface area contributed by atoms with Crippen LogP contribution in [0.1, 0.15) is 26.0 Å². The van der Waals surface area contributed by atoms with Crippen LogP contribution >= 0.6 is 0 Å². The molecule has 90 valence electrons. The lowest BCUT2D eigenvalue weighted by Gasteiger charge is -2.15. The Kier molecular flexibility index (Phi) is 5.05. The average Bonchev–Trinajstić information content (AvgIpc) is 2.75. The van der Waals surface area contributed by atoms with E-state index in [1.54, 1.807) is 6.26 Å². The molecule has 1 aromatic rings. The van der Waals surface area contributed by atoms with Gasteiger partial charge in [0.25, 0.3) is 0 Å². The normalized spacial score (nSPS) is 12.8. The van der Waals surface area contributed by atoms with Crippen LogP contribution in [0.2, 0.25) is 0 Å². The van der Waals surface area contributed by atoms with Gasteiger partial charge in [0.1, 0.15) is 5.76 Å². The van der Waals surface area contributed by atoms with Gasteiger partial charge in [0.2, 0.25) is 5.91 Å². The van der Waals surface area contributed by atoms with Gasteiger partial charge in [0.15, 0.2) is 0 Å². The van der Waals surface area contributed by atoms with Gasteiger partial charge >= 0.3 is 0 Å². The standard InChI is InChI=1S/C12H20N2O2/c1-9(2)11(13)8-14-12(15)6-5-10-4-3-7-16-10/h3-4,7,9,11H,5-6,8,13H2,1-2H3,(H,14,15). The summed E-state index contributed by atoms with van der Waals surface area (Å²) < 4.78 is 5.14. The summed E-state index contributed by atoms with van der Waals surface area (Å²) in [5.41, 5.74) is 5.82. The SMILES string of the molecule is CC(C)C(N)CNC(=O)CCc1ccco1. The Hall–Kier alpha value is -1.29. The van der Waals surface area contributed by atoms with Gasteiger partial charge in [0.05, 0.1) is 6.26 Å². The van der Waals surface area contributed by atoms with Crippen molar-refractivity contribution >= 4 is 5.91 Å². The quantitative estimate of drug-likeness (QED) is 0.765. The number of carbonyl (C=O) groups excluding carboxylic acids is 1. The van der Waals surface area contributed by atoms with E-state index < -0.39 is 0 Å². The molecule has 1 heterocycles. The minimum atomic E-state index is 0.0208. The molecule has 0 spiro atoms. The second kappa shape index (κ2) is 6.33. The molecule has 1 amide bonds. The molecule has 3 N–H and O–H groups in total. The maximum Gasteiger partial charge on any atom is 0.220 e. The summed E-state index contributed by atoms with van der Waals surface area (Å²) in [7, 11) is 0. The number of nitrogens with two attached hydrogens (primary N) is 1. The third-order valence-electron chi connectivity index (χ3n) is 2.57. The van der Waals surface area contributed by atoms with Crippen LogP contribution in [-0.4, -0.2) is 18.5 Å². The number of aryl methyl sites for hydroxylation is 1. The third kappa shape index (κ3) is 4.49. The number of rotatable bonds is 6. The fourth-order valence-electron chi connectivity index (χ4n) is 1.25. The highest BCUT2D eigenvalue weighted by molar-refractivity contribution is 5.76. The Morgan fingerprint density at radius 1 is 1.56 bits per heavy atom. The molecule has 4 nitrogen and oxygen atoms in total. The fourth-order valence-corrected chi connectivity index (χ4v) is 1.25. The van der Waals surface area contributed by atoms with E-state index >= 15 is 0 Å². The zero-order chi connectivity index (χ0) is 12.0. The summed E-state index contributed by atoms with van der Waals surface area (Å²) in [5, 5.41) is 2.82. The summed E-state index contributed by atoms with van der Waals surface area (Å²) in [6, 6.07) is 3.71. The molecule has 0 saturated heterocycles. The zero-order valence-electron chi connectivity index (χ0n) is 9.90. The number of furan rings is 1. The van der Waals surface area contributed by atoms with Gasteiger partial charge in [-0.3, -0.25) is 4.79 Å². The van der Waals surface area contributed by atoms with Crippen molar-refractivity contribution in [3.05, 3.63) is 24.2 Å². The van der Waals surface area contributed by atoms with Gasteiger partial charge in [-0.15, -0.1) is 0 Å². The van der Waals surface area contributed by atoms with Crippen LogP contribution in [0, 0.1) is 5.92 Å². The minimum Gasteiger partial charge on any atom is -0.469 e. The van der Waals surface area contributed by atoms with Gasteiger partial charge in [-0.2, -0.15) is 0 Å². The Morgan fingerprint density at radius 2 is 2.31 bits per heavy atom. The molecule has 0 aliphatic heterocycles. The first-order valence-corrected chi connectivity index (χ1v) is 5.64. The number of amides is 1. The van der Waals surface area contributed by atoms with Gasteiger partial charge < -0.3 is 15.5 Å². The first-order chi connectivity index (χ1) is 7.59. The maximum absolute atomic E-state index is 11.5. The lowest BCUT2D eigenvalue weighted by Crippen LogP contribution is -2.40. The summed E-state index contributed by atoms with van der Waals surface area (Å²) in [6.45, 7) is 4.62. The maximum atomic E-state index is 11.5. The highest BCUT2D eigenvalue weighted by atomic mass is 16.3. The highest BCUT2D eigenvalue weighted by Crippen LogP contribution is 2.03. The molecule has 1 atom stereocenters. The molecule has 0 aliphatic rings. The number of hydrogen-bond acceptors (Lipinski definition) is 3. The molecule has 0 bridgehead atoms. The van der Waals surface area contributed by atoms with E-state index in [0.29, 0.717) is 25.3 Å². The highest BCUT2D eigenvalue weighted by Gasteiger charge is 2.09. The van der Waals surface area contributed by atoms with Crippen molar-refractivity contribution in [3.8, 4) is 0 Å². The topological polar surface area (TPSA) is 68.3 Å². The van der Waals surface area contributed by atoms with E-state index in [1.807, 2.05) is 26.0 Å². The van der Waals surface area contributed by atoms with Crippen molar-refractivity contribution in [1.82, 2.24) is 5.32 Å². The van der Waals surface area contributed by atoms with Gasteiger partial charge in [0, 0.05) is 25.4 Å². The summed E-state index contributed by atoms with van der Waals surface area (Å²) in [5.74, 6) is 1.24. The van der Waals surface area contributed by atoms with Crippen molar-refractivity contribution in [2.24, 2.45) is 11.7 Å². The summed E-state index contributed by atoms with van der Waals surface area (Å²) in [4.78, 5) is 11.5. The molecule has 0 fully saturated rings. The van der Waals surface area contributed by atoms with Crippen molar-refractivity contribution in [3.63, 3.8) is 0 Å².